The van der Waals surface area contributed by atoms with E-state index in [1.807, 2.05) is 36.4 Å². The predicted molar refractivity (Wildman–Crippen MR) is 130 cm³/mol. The van der Waals surface area contributed by atoms with Crippen molar-refractivity contribution < 1.29 is 9.47 Å². The minimum absolute atomic E-state index is 0. The number of aliphatic imine (C=N–C) groups is 1. The van der Waals surface area contributed by atoms with Crippen LogP contribution in [0.15, 0.2) is 53.5 Å². The number of hydrogen-bond acceptors (Lipinski definition) is 4. The predicted octanol–water partition coefficient (Wildman–Crippen LogP) is 4.28. The van der Waals surface area contributed by atoms with Crippen molar-refractivity contribution in [3.8, 4) is 11.5 Å². The lowest BCUT2D eigenvalue weighted by Gasteiger charge is -2.34. The third kappa shape index (κ3) is 6.78. The first-order chi connectivity index (χ1) is 13.7. The molecule has 1 atom stereocenters. The number of nitrogens with zero attached hydrogens (tertiary/aromatic N) is 2. The van der Waals surface area contributed by atoms with Gasteiger partial charge < -0.3 is 20.5 Å². The average Bonchev–Trinajstić information content (AvgIpc) is 2.75. The molecule has 158 valence electrons. The standard InChI is InChI=1S/C22H30N4O2.HI/c1-27-19-11-9-17(10-12-19)21(26-13-4-3-5-14-26)16-24-22(23)25-18-7-6-8-20(15-18)28-2;/h6-12,15,21H,3-5,13-14,16H2,1-2H3,(H3,23,24,25);1H. The summed E-state index contributed by atoms with van der Waals surface area (Å²) in [6.07, 6.45) is 3.76. The molecule has 29 heavy (non-hydrogen) atoms. The third-order valence-electron chi connectivity index (χ3n) is 5.11. The summed E-state index contributed by atoms with van der Waals surface area (Å²) in [5.74, 6) is 2.05. The molecule has 0 aliphatic carbocycles. The molecule has 0 aromatic heterocycles. The molecular weight excluding hydrogens is 479 g/mol. The molecule has 0 spiro atoms. The highest BCUT2D eigenvalue weighted by Crippen LogP contribution is 2.26. The number of nitrogens with two attached hydrogens (primary N) is 1. The van der Waals surface area contributed by atoms with Gasteiger partial charge in [0.15, 0.2) is 5.96 Å². The molecule has 7 heteroatoms. The molecule has 2 aromatic rings. The van der Waals surface area contributed by atoms with E-state index in [2.05, 4.69) is 27.3 Å². The number of nitrogens with one attached hydrogen (secondary N) is 1. The molecule has 1 fully saturated rings. The Morgan fingerprint density at radius 2 is 1.72 bits per heavy atom. The largest absolute Gasteiger partial charge is 0.497 e. The van der Waals surface area contributed by atoms with Crippen LogP contribution in [0.2, 0.25) is 0 Å². The van der Waals surface area contributed by atoms with E-state index in [0.717, 1.165) is 30.3 Å². The average molecular weight is 510 g/mol. The summed E-state index contributed by atoms with van der Waals surface area (Å²) >= 11 is 0. The van der Waals surface area contributed by atoms with E-state index in [0.29, 0.717) is 12.5 Å². The quantitative estimate of drug-likeness (QED) is 0.331. The van der Waals surface area contributed by atoms with E-state index in [1.165, 1.54) is 24.8 Å². The highest BCUT2D eigenvalue weighted by Gasteiger charge is 2.22. The van der Waals surface area contributed by atoms with Crippen LogP contribution in [-0.2, 0) is 0 Å². The summed E-state index contributed by atoms with van der Waals surface area (Å²) < 4.78 is 10.5. The van der Waals surface area contributed by atoms with Crippen LogP contribution in [-0.4, -0.2) is 44.7 Å². The van der Waals surface area contributed by atoms with E-state index in [1.54, 1.807) is 14.2 Å². The van der Waals surface area contributed by atoms with Crippen LogP contribution < -0.4 is 20.5 Å². The number of methoxy groups -OCH3 is 2. The molecule has 1 heterocycles. The molecular formula is C22H31IN4O2. The van der Waals surface area contributed by atoms with Crippen LogP contribution in [0.1, 0.15) is 30.9 Å². The van der Waals surface area contributed by atoms with Gasteiger partial charge >= 0.3 is 0 Å². The zero-order valence-electron chi connectivity index (χ0n) is 17.1. The lowest BCUT2D eigenvalue weighted by atomic mass is 10.0. The van der Waals surface area contributed by atoms with Crippen molar-refractivity contribution in [2.24, 2.45) is 10.7 Å². The molecule has 1 unspecified atom stereocenters. The third-order valence-corrected chi connectivity index (χ3v) is 5.11. The first-order valence-corrected chi connectivity index (χ1v) is 9.78. The van der Waals surface area contributed by atoms with Gasteiger partial charge in [-0.1, -0.05) is 24.6 Å². The zero-order chi connectivity index (χ0) is 19.8. The van der Waals surface area contributed by atoms with Crippen LogP contribution in [0.25, 0.3) is 0 Å². The Labute approximate surface area is 190 Å². The number of benzene rings is 2. The van der Waals surface area contributed by atoms with Gasteiger partial charge in [0, 0.05) is 11.8 Å². The Morgan fingerprint density at radius 3 is 2.38 bits per heavy atom. The summed E-state index contributed by atoms with van der Waals surface area (Å²) in [5.41, 5.74) is 8.26. The van der Waals surface area contributed by atoms with E-state index < -0.39 is 0 Å². The van der Waals surface area contributed by atoms with Crippen molar-refractivity contribution in [2.75, 3.05) is 39.2 Å². The number of guanidine groups is 1. The maximum atomic E-state index is 6.16. The Morgan fingerprint density at radius 1 is 1.03 bits per heavy atom. The zero-order valence-corrected chi connectivity index (χ0v) is 19.5. The monoisotopic (exact) mass is 510 g/mol. The van der Waals surface area contributed by atoms with Crippen molar-refractivity contribution in [1.82, 2.24) is 4.90 Å². The van der Waals surface area contributed by atoms with Gasteiger partial charge in [0.05, 0.1) is 26.8 Å². The summed E-state index contributed by atoms with van der Waals surface area (Å²) in [7, 11) is 3.33. The summed E-state index contributed by atoms with van der Waals surface area (Å²) in [6, 6.07) is 16.1. The molecule has 1 aliphatic heterocycles. The Bertz CT molecular complexity index is 777. The number of piperidine rings is 1. The van der Waals surface area contributed by atoms with Crippen LogP contribution in [0.4, 0.5) is 5.69 Å². The smallest absolute Gasteiger partial charge is 0.193 e. The summed E-state index contributed by atoms with van der Waals surface area (Å²) in [5, 5.41) is 3.15. The maximum absolute atomic E-state index is 6.16. The second kappa shape index (κ2) is 11.9. The van der Waals surface area contributed by atoms with Crippen molar-refractivity contribution in [3.63, 3.8) is 0 Å². The molecule has 1 saturated heterocycles. The molecule has 0 saturated carbocycles. The van der Waals surface area contributed by atoms with Gasteiger partial charge in [0.1, 0.15) is 11.5 Å². The van der Waals surface area contributed by atoms with Gasteiger partial charge in [-0.25, -0.2) is 0 Å². The van der Waals surface area contributed by atoms with Gasteiger partial charge in [0.25, 0.3) is 0 Å². The first-order valence-electron chi connectivity index (χ1n) is 9.78. The van der Waals surface area contributed by atoms with Crippen LogP contribution >= 0.6 is 24.0 Å². The maximum Gasteiger partial charge on any atom is 0.193 e. The molecule has 6 nitrogen and oxygen atoms in total. The van der Waals surface area contributed by atoms with Crippen LogP contribution in [0.5, 0.6) is 11.5 Å². The molecule has 3 rings (SSSR count). The van der Waals surface area contributed by atoms with E-state index >= 15 is 0 Å². The number of halogens is 1. The van der Waals surface area contributed by atoms with Gasteiger partial charge in [-0.05, 0) is 55.8 Å². The minimum Gasteiger partial charge on any atom is -0.497 e. The number of ether oxygens (including phenoxy) is 2. The molecule has 0 amide bonds. The highest BCUT2D eigenvalue weighted by molar-refractivity contribution is 14.0. The van der Waals surface area contributed by atoms with Gasteiger partial charge in [0.2, 0.25) is 0 Å². The molecule has 1 aliphatic rings. The fourth-order valence-corrected chi connectivity index (χ4v) is 3.56. The molecule has 0 bridgehead atoms. The molecule has 2 aromatic carbocycles. The fraction of sp³-hybridized carbons (Fsp3) is 0.409. The topological polar surface area (TPSA) is 72.1 Å². The minimum atomic E-state index is 0. The Kier molecular flexibility index (Phi) is 9.53. The number of anilines is 1. The lowest BCUT2D eigenvalue weighted by molar-refractivity contribution is 0.168. The van der Waals surface area contributed by atoms with E-state index in [4.69, 9.17) is 15.2 Å². The Hall–Kier alpha value is -2.00. The second-order valence-electron chi connectivity index (χ2n) is 6.97. The van der Waals surface area contributed by atoms with Crippen molar-refractivity contribution in [3.05, 3.63) is 54.1 Å². The van der Waals surface area contributed by atoms with Crippen molar-refractivity contribution in [2.45, 2.75) is 25.3 Å². The van der Waals surface area contributed by atoms with E-state index in [-0.39, 0.29) is 30.0 Å². The molecule has 3 N–H and O–H groups in total. The summed E-state index contributed by atoms with van der Waals surface area (Å²) in [6.45, 7) is 2.79. The number of rotatable bonds is 7. The van der Waals surface area contributed by atoms with Crippen molar-refractivity contribution in [1.29, 1.82) is 0 Å². The van der Waals surface area contributed by atoms with Gasteiger partial charge in [-0.15, -0.1) is 24.0 Å². The van der Waals surface area contributed by atoms with Gasteiger partial charge in [-0.3, -0.25) is 9.89 Å². The SMILES string of the molecule is COc1ccc(C(CN=C(N)Nc2cccc(OC)c2)N2CCCCC2)cc1.I. The van der Waals surface area contributed by atoms with Crippen LogP contribution in [0, 0.1) is 0 Å². The van der Waals surface area contributed by atoms with Crippen LogP contribution in [0.3, 0.4) is 0 Å². The summed E-state index contributed by atoms with van der Waals surface area (Å²) in [4.78, 5) is 7.15. The Balaban J connectivity index is 0.00000300. The molecule has 0 radical (unpaired) electrons. The van der Waals surface area contributed by atoms with Gasteiger partial charge in [-0.2, -0.15) is 0 Å². The second-order valence-corrected chi connectivity index (χ2v) is 6.97. The first kappa shape index (κ1) is 23.3. The number of likely N-dealkylation sites (tertiary alicyclic amines) is 1. The fourth-order valence-electron chi connectivity index (χ4n) is 3.56. The number of hydrogen-bond donors (Lipinski definition) is 2. The van der Waals surface area contributed by atoms with Crippen molar-refractivity contribution >= 4 is 35.6 Å². The normalized spacial score (nSPS) is 15.9. The lowest BCUT2D eigenvalue weighted by Crippen LogP contribution is -2.36. The highest BCUT2D eigenvalue weighted by atomic mass is 127. The van der Waals surface area contributed by atoms with E-state index in [9.17, 15) is 0 Å².